The fraction of sp³-hybridized carbons (Fsp3) is 0.421. The van der Waals surface area contributed by atoms with E-state index in [2.05, 4.69) is 35.1 Å². The number of carbonyl (C=O) groups is 1. The zero-order chi connectivity index (χ0) is 16.7. The van der Waals surface area contributed by atoms with E-state index < -0.39 is 0 Å². The second-order valence-corrected chi connectivity index (χ2v) is 8.04. The molecule has 4 rings (SSSR count). The molecule has 2 atom stereocenters. The van der Waals surface area contributed by atoms with Crippen molar-refractivity contribution >= 4 is 17.7 Å². The molecule has 2 aromatic rings. The van der Waals surface area contributed by atoms with Gasteiger partial charge < -0.3 is 4.90 Å². The zero-order valence-electron chi connectivity index (χ0n) is 14.0. The first-order chi connectivity index (χ1) is 11.6. The molecule has 2 heterocycles. The molecule has 1 fully saturated rings. The molecule has 0 bridgehead atoms. The van der Waals surface area contributed by atoms with E-state index >= 15 is 0 Å². The standard InChI is InChI=1S/C19H21N3OS/c1-19-8-7-18(23)22(2)16(19)6-3-13-11-14(4-5-15(13)19)24-17-12-20-9-10-21-17/h4-5,9-12,16H,3,6-8H2,1-2H3/t16-,19-/m1/s1. The van der Waals surface area contributed by atoms with Gasteiger partial charge in [-0.3, -0.25) is 9.78 Å². The van der Waals surface area contributed by atoms with E-state index in [9.17, 15) is 4.79 Å². The summed E-state index contributed by atoms with van der Waals surface area (Å²) in [5.41, 5.74) is 2.92. The highest BCUT2D eigenvalue weighted by atomic mass is 32.2. The van der Waals surface area contributed by atoms with Gasteiger partial charge in [0.25, 0.3) is 0 Å². The Hall–Kier alpha value is -1.88. The van der Waals surface area contributed by atoms with Crippen LogP contribution in [0, 0.1) is 0 Å². The third-order valence-corrected chi connectivity index (χ3v) is 6.51. The van der Waals surface area contributed by atoms with Crippen LogP contribution in [0.25, 0.3) is 0 Å². The summed E-state index contributed by atoms with van der Waals surface area (Å²) in [6.07, 6.45) is 8.89. The van der Waals surface area contributed by atoms with Crippen molar-refractivity contribution in [1.29, 1.82) is 0 Å². The quantitative estimate of drug-likeness (QED) is 0.841. The first kappa shape index (κ1) is 15.6. The molecule has 5 heteroatoms. The molecule has 1 saturated heterocycles. The molecule has 1 aliphatic heterocycles. The molecule has 1 aromatic heterocycles. The van der Waals surface area contributed by atoms with Crippen LogP contribution in [-0.4, -0.2) is 33.9 Å². The summed E-state index contributed by atoms with van der Waals surface area (Å²) in [7, 11) is 1.97. The molecule has 0 unspecified atom stereocenters. The van der Waals surface area contributed by atoms with Crippen molar-refractivity contribution in [3.63, 3.8) is 0 Å². The highest BCUT2D eigenvalue weighted by molar-refractivity contribution is 7.99. The van der Waals surface area contributed by atoms with Crippen molar-refractivity contribution in [2.75, 3.05) is 7.05 Å². The molecule has 1 aromatic carbocycles. The molecule has 2 aliphatic rings. The monoisotopic (exact) mass is 339 g/mol. The second-order valence-electron chi connectivity index (χ2n) is 6.94. The average molecular weight is 339 g/mol. The number of hydrogen-bond donors (Lipinski definition) is 0. The van der Waals surface area contributed by atoms with Crippen LogP contribution >= 0.6 is 11.8 Å². The van der Waals surface area contributed by atoms with Gasteiger partial charge in [-0.05, 0) is 42.5 Å². The summed E-state index contributed by atoms with van der Waals surface area (Å²) in [5.74, 6) is 0.288. The Labute approximate surface area is 146 Å². The Kier molecular flexibility index (Phi) is 3.83. The number of benzene rings is 1. The van der Waals surface area contributed by atoms with Gasteiger partial charge in [-0.1, -0.05) is 24.8 Å². The van der Waals surface area contributed by atoms with Gasteiger partial charge in [0.1, 0.15) is 5.03 Å². The highest BCUT2D eigenvalue weighted by Crippen LogP contribution is 2.46. The van der Waals surface area contributed by atoms with Crippen LogP contribution in [0.4, 0.5) is 0 Å². The van der Waals surface area contributed by atoms with Crippen LogP contribution in [0.15, 0.2) is 46.7 Å². The molecule has 0 spiro atoms. The molecule has 124 valence electrons. The minimum Gasteiger partial charge on any atom is -0.342 e. The van der Waals surface area contributed by atoms with Crippen molar-refractivity contribution in [3.8, 4) is 0 Å². The third kappa shape index (κ3) is 2.51. The lowest BCUT2D eigenvalue weighted by Gasteiger charge is -2.50. The number of piperidine rings is 1. The molecule has 0 radical (unpaired) electrons. The Bertz CT molecular complexity index is 779. The van der Waals surface area contributed by atoms with Crippen LogP contribution in [0.1, 0.15) is 37.3 Å². The van der Waals surface area contributed by atoms with E-state index in [1.165, 1.54) is 16.0 Å². The minimum absolute atomic E-state index is 0.0754. The second kappa shape index (κ2) is 5.88. The number of hydrogen-bond acceptors (Lipinski definition) is 4. The van der Waals surface area contributed by atoms with Gasteiger partial charge in [0.15, 0.2) is 0 Å². The lowest BCUT2D eigenvalue weighted by molar-refractivity contribution is -0.138. The summed E-state index contributed by atoms with van der Waals surface area (Å²) >= 11 is 1.65. The number of amides is 1. The lowest BCUT2D eigenvalue weighted by Crippen LogP contribution is -2.56. The van der Waals surface area contributed by atoms with Crippen molar-refractivity contribution in [2.45, 2.75) is 54.0 Å². The summed E-state index contributed by atoms with van der Waals surface area (Å²) in [6, 6.07) is 7.07. The van der Waals surface area contributed by atoms with Gasteiger partial charge in [-0.25, -0.2) is 4.98 Å². The number of carbonyl (C=O) groups excluding carboxylic acids is 1. The van der Waals surface area contributed by atoms with E-state index in [0.717, 1.165) is 24.3 Å². The summed E-state index contributed by atoms with van der Waals surface area (Å²) in [6.45, 7) is 2.33. The summed E-state index contributed by atoms with van der Waals surface area (Å²) in [5, 5.41) is 0.917. The van der Waals surface area contributed by atoms with Gasteiger partial charge in [0, 0.05) is 42.2 Å². The third-order valence-electron chi connectivity index (χ3n) is 5.60. The Morgan fingerprint density at radius 2 is 2.17 bits per heavy atom. The average Bonchev–Trinajstić information content (AvgIpc) is 2.59. The first-order valence-corrected chi connectivity index (χ1v) is 9.22. The van der Waals surface area contributed by atoms with Crippen LogP contribution in [0.2, 0.25) is 0 Å². The first-order valence-electron chi connectivity index (χ1n) is 8.41. The maximum Gasteiger partial charge on any atom is 0.222 e. The van der Waals surface area contributed by atoms with Crippen molar-refractivity contribution < 1.29 is 4.79 Å². The maximum absolute atomic E-state index is 12.1. The van der Waals surface area contributed by atoms with Gasteiger partial charge in [-0.15, -0.1) is 0 Å². The van der Waals surface area contributed by atoms with Crippen LogP contribution in [0.5, 0.6) is 0 Å². The molecule has 1 amide bonds. The van der Waals surface area contributed by atoms with Crippen molar-refractivity contribution in [1.82, 2.24) is 14.9 Å². The molecule has 0 saturated carbocycles. The van der Waals surface area contributed by atoms with E-state index in [-0.39, 0.29) is 11.3 Å². The van der Waals surface area contributed by atoms with Gasteiger partial charge in [-0.2, -0.15) is 0 Å². The SMILES string of the molecule is CN1C(=O)CC[C@]2(C)c3ccc(Sc4cnccn4)cc3CC[C@@H]12. The Morgan fingerprint density at radius 1 is 1.29 bits per heavy atom. The lowest BCUT2D eigenvalue weighted by atomic mass is 9.63. The molecule has 24 heavy (non-hydrogen) atoms. The Balaban J connectivity index is 1.66. The fourth-order valence-electron chi connectivity index (χ4n) is 4.29. The number of aryl methyl sites for hydroxylation is 1. The van der Waals surface area contributed by atoms with Crippen LogP contribution < -0.4 is 0 Å². The van der Waals surface area contributed by atoms with Crippen molar-refractivity contribution in [3.05, 3.63) is 47.9 Å². The van der Waals surface area contributed by atoms with Crippen LogP contribution in [0.3, 0.4) is 0 Å². The predicted molar refractivity (Wildman–Crippen MR) is 94.1 cm³/mol. The van der Waals surface area contributed by atoms with E-state index in [4.69, 9.17) is 0 Å². The number of likely N-dealkylation sites (tertiary alicyclic amines) is 1. The van der Waals surface area contributed by atoms with Gasteiger partial charge >= 0.3 is 0 Å². The van der Waals surface area contributed by atoms with E-state index in [1.54, 1.807) is 30.4 Å². The molecular weight excluding hydrogens is 318 g/mol. The van der Waals surface area contributed by atoms with Gasteiger partial charge in [0.05, 0.1) is 6.20 Å². The number of fused-ring (bicyclic) bond motifs is 3. The fourth-order valence-corrected chi connectivity index (χ4v) is 5.09. The topological polar surface area (TPSA) is 46.1 Å². The maximum atomic E-state index is 12.1. The van der Waals surface area contributed by atoms with E-state index in [0.29, 0.717) is 12.5 Å². The van der Waals surface area contributed by atoms with Gasteiger partial charge in [0.2, 0.25) is 5.91 Å². The number of nitrogens with zero attached hydrogens (tertiary/aromatic N) is 3. The number of likely N-dealkylation sites (N-methyl/N-ethyl adjacent to an activating group) is 1. The molecule has 1 aliphatic carbocycles. The molecule has 4 nitrogen and oxygen atoms in total. The Morgan fingerprint density at radius 3 is 2.96 bits per heavy atom. The number of rotatable bonds is 2. The summed E-state index contributed by atoms with van der Waals surface area (Å²) < 4.78 is 0. The normalized spacial score (nSPS) is 26.0. The van der Waals surface area contributed by atoms with E-state index in [1.807, 2.05) is 11.9 Å². The largest absolute Gasteiger partial charge is 0.342 e. The zero-order valence-corrected chi connectivity index (χ0v) is 14.8. The highest BCUT2D eigenvalue weighted by Gasteiger charge is 2.46. The predicted octanol–water partition coefficient (Wildman–Crippen LogP) is 3.45. The smallest absolute Gasteiger partial charge is 0.222 e. The number of aromatic nitrogens is 2. The molecule has 0 N–H and O–H groups in total. The summed E-state index contributed by atoms with van der Waals surface area (Å²) in [4.78, 5) is 23.7. The van der Waals surface area contributed by atoms with Crippen LogP contribution in [-0.2, 0) is 16.6 Å². The van der Waals surface area contributed by atoms with Crippen molar-refractivity contribution in [2.24, 2.45) is 0 Å². The minimum atomic E-state index is 0.0754. The molecular formula is C19H21N3OS.